The van der Waals surface area contributed by atoms with Crippen molar-refractivity contribution < 1.29 is 28.7 Å². The number of ether oxygens (including phenoxy) is 2. The fourth-order valence-corrected chi connectivity index (χ4v) is 2.40. The van der Waals surface area contributed by atoms with Crippen LogP contribution in [0.1, 0.15) is 33.1 Å². The van der Waals surface area contributed by atoms with Gasteiger partial charge >= 0.3 is 0 Å². The normalized spacial score (nSPS) is 15.7. The van der Waals surface area contributed by atoms with Gasteiger partial charge in [0.05, 0.1) is 21.3 Å². The van der Waals surface area contributed by atoms with E-state index in [1.165, 1.54) is 41.4 Å². The summed E-state index contributed by atoms with van der Waals surface area (Å²) in [6, 6.07) is 0. The van der Waals surface area contributed by atoms with Crippen LogP contribution in [0.5, 0.6) is 0 Å². The number of rotatable bonds is 8. The summed E-state index contributed by atoms with van der Waals surface area (Å²) in [5.41, 5.74) is 0.731. The molecule has 0 aromatic carbocycles. The summed E-state index contributed by atoms with van der Waals surface area (Å²) >= 11 is 0. The van der Waals surface area contributed by atoms with Crippen molar-refractivity contribution in [2.24, 2.45) is 0 Å². The van der Waals surface area contributed by atoms with Crippen LogP contribution in [0.3, 0.4) is 0 Å². The molecule has 0 unspecified atom stereocenters. The Kier molecular flexibility index (Phi) is 7.57. The van der Waals surface area contributed by atoms with Crippen molar-refractivity contribution in [1.29, 1.82) is 0 Å². The number of nitrogens with zero attached hydrogens (tertiary/aromatic N) is 1. The van der Waals surface area contributed by atoms with Crippen molar-refractivity contribution in [1.82, 2.24) is 5.06 Å². The molecule has 0 radical (unpaired) electrons. The second-order valence-electron chi connectivity index (χ2n) is 5.52. The van der Waals surface area contributed by atoms with Crippen LogP contribution in [0.4, 0.5) is 0 Å². The molecule has 138 valence electrons. The van der Waals surface area contributed by atoms with E-state index >= 15 is 0 Å². The maximum atomic E-state index is 12.7. The van der Waals surface area contributed by atoms with Gasteiger partial charge in [-0.15, -0.1) is 0 Å². The Labute approximate surface area is 147 Å². The fraction of sp³-hybridized carbons (Fsp3) is 0.500. The number of carbonyl (C=O) groups is 3. The molecule has 0 aromatic heterocycles. The zero-order chi connectivity index (χ0) is 19.1. The third-order valence-corrected chi connectivity index (χ3v) is 3.97. The number of unbranched alkanes of at least 4 members (excludes halogenated alkanes) is 1. The van der Waals surface area contributed by atoms with Gasteiger partial charge in [-0.2, -0.15) is 0 Å². The van der Waals surface area contributed by atoms with Crippen LogP contribution >= 0.6 is 0 Å². The van der Waals surface area contributed by atoms with Gasteiger partial charge in [0, 0.05) is 23.8 Å². The molecule has 7 nitrogen and oxygen atoms in total. The van der Waals surface area contributed by atoms with Gasteiger partial charge in [0.2, 0.25) is 23.1 Å². The SMILES string of the molecule is CCCCC(=CC1=C(C)C(=O)C(OC)=C(OC)C1=O)C(=O)N(C)OC. The van der Waals surface area contributed by atoms with Crippen LogP contribution in [-0.2, 0) is 28.7 Å². The lowest BCUT2D eigenvalue weighted by molar-refractivity contribution is -0.164. The van der Waals surface area contributed by atoms with Gasteiger partial charge in [-0.05, 0) is 25.8 Å². The molecule has 0 saturated carbocycles. The first-order chi connectivity index (χ1) is 11.8. The molecule has 0 saturated heterocycles. The molecule has 0 bridgehead atoms. The summed E-state index contributed by atoms with van der Waals surface area (Å²) in [5, 5.41) is 1.08. The summed E-state index contributed by atoms with van der Waals surface area (Å²) in [6.07, 6.45) is 3.56. The minimum atomic E-state index is -0.488. The van der Waals surface area contributed by atoms with E-state index in [4.69, 9.17) is 14.3 Å². The van der Waals surface area contributed by atoms with E-state index in [0.29, 0.717) is 12.0 Å². The van der Waals surface area contributed by atoms with Gasteiger partial charge in [-0.1, -0.05) is 13.3 Å². The van der Waals surface area contributed by atoms with E-state index in [1.54, 1.807) is 0 Å². The topological polar surface area (TPSA) is 82.1 Å². The summed E-state index contributed by atoms with van der Waals surface area (Å²) in [4.78, 5) is 42.5. The third kappa shape index (κ3) is 4.36. The summed E-state index contributed by atoms with van der Waals surface area (Å²) in [5.74, 6) is -1.58. The number of allylic oxidation sites excluding steroid dienone is 3. The molecular formula is C18H25NO6. The quantitative estimate of drug-likeness (QED) is 0.378. The number of methoxy groups -OCH3 is 2. The molecule has 1 rings (SSSR count). The van der Waals surface area contributed by atoms with Crippen LogP contribution in [-0.4, -0.2) is 50.9 Å². The number of Topliss-reactive ketones (excluding diaryl/α,β-unsaturated/α-hetero) is 2. The van der Waals surface area contributed by atoms with Crippen molar-refractivity contribution in [2.45, 2.75) is 33.1 Å². The maximum Gasteiger partial charge on any atom is 0.273 e. The predicted molar refractivity (Wildman–Crippen MR) is 91.1 cm³/mol. The number of hydrogen-bond donors (Lipinski definition) is 0. The molecule has 25 heavy (non-hydrogen) atoms. The van der Waals surface area contributed by atoms with Crippen LogP contribution in [0.25, 0.3) is 0 Å². The Morgan fingerprint density at radius 3 is 2.12 bits per heavy atom. The smallest absolute Gasteiger partial charge is 0.273 e. The second kappa shape index (κ2) is 9.17. The number of ketones is 2. The molecule has 0 heterocycles. The molecule has 0 fully saturated rings. The van der Waals surface area contributed by atoms with Crippen LogP contribution < -0.4 is 0 Å². The van der Waals surface area contributed by atoms with Gasteiger partial charge in [-0.25, -0.2) is 5.06 Å². The average molecular weight is 351 g/mol. The summed E-state index contributed by atoms with van der Waals surface area (Å²) in [6.45, 7) is 3.53. The first-order valence-corrected chi connectivity index (χ1v) is 7.99. The molecule has 0 atom stereocenters. The van der Waals surface area contributed by atoms with Gasteiger partial charge in [0.15, 0.2) is 0 Å². The van der Waals surface area contributed by atoms with E-state index in [0.717, 1.165) is 17.9 Å². The van der Waals surface area contributed by atoms with Gasteiger partial charge in [0.25, 0.3) is 5.91 Å². The molecule has 7 heteroatoms. The monoisotopic (exact) mass is 351 g/mol. The van der Waals surface area contributed by atoms with E-state index in [-0.39, 0.29) is 28.6 Å². The Hall–Kier alpha value is -2.41. The Morgan fingerprint density at radius 2 is 1.64 bits per heavy atom. The molecule has 1 amide bonds. The Bertz CT molecular complexity index is 656. The van der Waals surface area contributed by atoms with E-state index < -0.39 is 11.6 Å². The molecule has 0 N–H and O–H groups in total. The first-order valence-electron chi connectivity index (χ1n) is 7.99. The molecule has 1 aliphatic rings. The molecule has 0 aromatic rings. The number of likely N-dealkylation sites (N-methyl/N-ethyl adjacent to an activating group) is 1. The number of hydrogen-bond acceptors (Lipinski definition) is 6. The minimum absolute atomic E-state index is 0.127. The van der Waals surface area contributed by atoms with Crippen LogP contribution in [0.2, 0.25) is 0 Å². The molecule has 0 aliphatic heterocycles. The van der Waals surface area contributed by atoms with Crippen molar-refractivity contribution in [3.8, 4) is 0 Å². The Balaban J connectivity index is 3.40. The standard InChI is InChI=1S/C18H25NO6/c1-7-8-9-12(18(22)19(3)25-6)10-13-11(2)14(20)16(23-4)17(24-5)15(13)21/h10H,7-9H2,1-6H3. The molecular weight excluding hydrogens is 326 g/mol. The summed E-state index contributed by atoms with van der Waals surface area (Å²) < 4.78 is 10.1. The fourth-order valence-electron chi connectivity index (χ4n) is 2.40. The van der Waals surface area contributed by atoms with E-state index in [1.807, 2.05) is 6.92 Å². The lowest BCUT2D eigenvalue weighted by atomic mass is 9.90. The second-order valence-corrected chi connectivity index (χ2v) is 5.52. The average Bonchev–Trinajstić information content (AvgIpc) is 2.62. The van der Waals surface area contributed by atoms with Crippen molar-refractivity contribution in [3.63, 3.8) is 0 Å². The molecule has 0 spiro atoms. The van der Waals surface area contributed by atoms with Gasteiger partial charge < -0.3 is 9.47 Å². The highest BCUT2D eigenvalue weighted by Crippen LogP contribution is 2.28. The lowest BCUT2D eigenvalue weighted by Crippen LogP contribution is -2.28. The van der Waals surface area contributed by atoms with E-state index in [2.05, 4.69) is 0 Å². The first kappa shape index (κ1) is 20.6. The van der Waals surface area contributed by atoms with Crippen molar-refractivity contribution >= 4 is 17.5 Å². The highest BCUT2D eigenvalue weighted by molar-refractivity contribution is 6.24. The van der Waals surface area contributed by atoms with Gasteiger partial charge in [0.1, 0.15) is 0 Å². The zero-order valence-electron chi connectivity index (χ0n) is 15.6. The lowest BCUT2D eigenvalue weighted by Gasteiger charge is -2.20. The number of carbonyl (C=O) groups excluding carboxylic acids is 3. The predicted octanol–water partition coefficient (Wildman–Crippen LogP) is 2.10. The number of amides is 1. The van der Waals surface area contributed by atoms with Crippen LogP contribution in [0, 0.1) is 0 Å². The number of hydroxylamine groups is 2. The highest BCUT2D eigenvalue weighted by Gasteiger charge is 2.34. The summed E-state index contributed by atoms with van der Waals surface area (Å²) in [7, 11) is 5.47. The minimum Gasteiger partial charge on any atom is -0.489 e. The largest absolute Gasteiger partial charge is 0.489 e. The third-order valence-electron chi connectivity index (χ3n) is 3.97. The van der Waals surface area contributed by atoms with Crippen molar-refractivity contribution in [2.75, 3.05) is 28.4 Å². The Morgan fingerprint density at radius 1 is 1.08 bits per heavy atom. The zero-order valence-corrected chi connectivity index (χ0v) is 15.6. The van der Waals surface area contributed by atoms with Gasteiger partial charge in [-0.3, -0.25) is 19.2 Å². The van der Waals surface area contributed by atoms with E-state index in [9.17, 15) is 14.4 Å². The maximum absolute atomic E-state index is 12.7. The highest BCUT2D eigenvalue weighted by atomic mass is 16.7. The van der Waals surface area contributed by atoms with Crippen LogP contribution in [0.15, 0.2) is 34.3 Å². The molecule has 1 aliphatic carbocycles. The van der Waals surface area contributed by atoms with Crippen molar-refractivity contribution in [3.05, 3.63) is 34.3 Å².